The van der Waals surface area contributed by atoms with Crippen molar-refractivity contribution in [3.8, 4) is 5.75 Å². The fourth-order valence-electron chi connectivity index (χ4n) is 3.68. The van der Waals surface area contributed by atoms with Crippen LogP contribution in [-0.4, -0.2) is 6.11 Å². The van der Waals surface area contributed by atoms with Gasteiger partial charge in [0.15, 0.2) is 17.5 Å². The number of hydrogen-bond donors (Lipinski definition) is 0. The van der Waals surface area contributed by atoms with Gasteiger partial charge in [0.2, 0.25) is 0 Å². The zero-order chi connectivity index (χ0) is 19.2. The van der Waals surface area contributed by atoms with Gasteiger partial charge in [-0.3, -0.25) is 0 Å². The van der Waals surface area contributed by atoms with Crippen LogP contribution in [-0.2, 0) is 0 Å². The minimum atomic E-state index is -3.53. The summed E-state index contributed by atoms with van der Waals surface area (Å²) in [6, 6.07) is 0.877. The van der Waals surface area contributed by atoms with Gasteiger partial charge in [0, 0.05) is 12.1 Å². The van der Waals surface area contributed by atoms with E-state index >= 15 is 0 Å². The first kappa shape index (κ1) is 21.0. The van der Waals surface area contributed by atoms with Gasteiger partial charge in [0.25, 0.3) is 0 Å². The third-order valence-corrected chi connectivity index (χ3v) is 5.25. The highest BCUT2D eigenvalue weighted by Crippen LogP contribution is 2.37. The molecule has 0 radical (unpaired) electrons. The lowest BCUT2D eigenvalue weighted by molar-refractivity contribution is -0.183. The highest BCUT2D eigenvalue weighted by atomic mass is 19.3. The topological polar surface area (TPSA) is 9.23 Å². The Kier molecular flexibility index (Phi) is 7.71. The summed E-state index contributed by atoms with van der Waals surface area (Å²) in [5.74, 6) is -4.55. The normalized spacial score (nSPS) is 21.0. The van der Waals surface area contributed by atoms with Crippen LogP contribution < -0.4 is 4.74 Å². The van der Waals surface area contributed by atoms with Gasteiger partial charge >= 0.3 is 6.11 Å². The number of hydrogen-bond acceptors (Lipinski definition) is 1. The third-order valence-electron chi connectivity index (χ3n) is 5.25. The van der Waals surface area contributed by atoms with Crippen LogP contribution in [0.15, 0.2) is 12.1 Å². The molecule has 0 spiro atoms. The van der Waals surface area contributed by atoms with Crippen LogP contribution in [0.25, 0.3) is 0 Å². The molecule has 0 bridgehead atoms. The van der Waals surface area contributed by atoms with Gasteiger partial charge in [-0.15, -0.1) is 0 Å². The van der Waals surface area contributed by atoms with E-state index in [2.05, 4.69) is 11.7 Å². The lowest BCUT2D eigenvalue weighted by atomic mass is 9.78. The van der Waals surface area contributed by atoms with Gasteiger partial charge < -0.3 is 4.74 Å². The number of unbranched alkanes of at least 4 members (excludes halogenated alkanes) is 2. The molecule has 0 unspecified atom stereocenters. The Balaban J connectivity index is 1.76. The molecule has 1 aliphatic rings. The second kappa shape index (κ2) is 9.56. The summed E-state index contributed by atoms with van der Waals surface area (Å²) in [4.78, 5) is 0. The van der Waals surface area contributed by atoms with Crippen molar-refractivity contribution in [3.63, 3.8) is 0 Å². The van der Waals surface area contributed by atoms with E-state index in [1.807, 2.05) is 0 Å². The zero-order valence-corrected chi connectivity index (χ0v) is 15.2. The molecule has 0 aliphatic heterocycles. The van der Waals surface area contributed by atoms with Crippen LogP contribution in [0.4, 0.5) is 22.0 Å². The molecule has 0 N–H and O–H groups in total. The van der Waals surface area contributed by atoms with Gasteiger partial charge in [-0.1, -0.05) is 58.3 Å². The molecule has 26 heavy (non-hydrogen) atoms. The monoisotopic (exact) mass is 378 g/mol. The van der Waals surface area contributed by atoms with Crippen LogP contribution in [0.2, 0.25) is 0 Å². The Morgan fingerprint density at radius 3 is 2.00 bits per heavy atom. The molecule has 0 atom stereocenters. The van der Waals surface area contributed by atoms with E-state index in [0.717, 1.165) is 25.7 Å². The standard InChI is InChI=1S/C20H27F5O/c1-2-3-4-5-14-6-8-15(9-7-14)10-11-20(24,25)26-16-12-17(21)19(23)18(22)13-16/h12-15H,2-11H2,1H3. The van der Waals surface area contributed by atoms with Crippen LogP contribution in [0.1, 0.15) is 71.1 Å². The summed E-state index contributed by atoms with van der Waals surface area (Å²) in [5, 5.41) is 0. The zero-order valence-electron chi connectivity index (χ0n) is 15.2. The van der Waals surface area contributed by atoms with Crippen molar-refractivity contribution in [1.82, 2.24) is 0 Å². The predicted octanol–water partition coefficient (Wildman–Crippen LogP) is 7.24. The Hall–Kier alpha value is -1.33. The number of halogens is 5. The van der Waals surface area contributed by atoms with E-state index < -0.39 is 35.7 Å². The molecule has 1 aromatic rings. The molecule has 1 saturated carbocycles. The van der Waals surface area contributed by atoms with Crippen LogP contribution in [0.5, 0.6) is 5.75 Å². The summed E-state index contributed by atoms with van der Waals surface area (Å²) < 4.78 is 71.4. The van der Waals surface area contributed by atoms with E-state index in [-0.39, 0.29) is 5.92 Å². The Bertz CT molecular complexity index is 544. The second-order valence-electron chi connectivity index (χ2n) is 7.36. The average molecular weight is 378 g/mol. The van der Waals surface area contributed by atoms with Crippen LogP contribution in [0.3, 0.4) is 0 Å². The van der Waals surface area contributed by atoms with E-state index in [0.29, 0.717) is 24.5 Å². The maximum atomic E-state index is 13.9. The van der Waals surface area contributed by atoms with E-state index in [1.165, 1.54) is 25.7 Å². The number of benzene rings is 1. The SMILES string of the molecule is CCCCCC1CCC(CCC(F)(F)Oc2cc(F)c(F)c(F)c2)CC1. The smallest absolute Gasteiger partial charge is 0.397 e. The van der Waals surface area contributed by atoms with Gasteiger partial charge in [0.05, 0.1) is 6.42 Å². The second-order valence-corrected chi connectivity index (χ2v) is 7.36. The lowest BCUT2D eigenvalue weighted by Crippen LogP contribution is -2.26. The van der Waals surface area contributed by atoms with E-state index in [4.69, 9.17) is 0 Å². The molecule has 1 nitrogen and oxygen atoms in total. The maximum absolute atomic E-state index is 13.9. The van der Waals surface area contributed by atoms with Gasteiger partial charge in [-0.2, -0.15) is 8.78 Å². The molecule has 148 valence electrons. The maximum Gasteiger partial charge on any atom is 0.397 e. The molecule has 0 saturated heterocycles. The van der Waals surface area contributed by atoms with Crippen molar-refractivity contribution in [1.29, 1.82) is 0 Å². The molecule has 1 fully saturated rings. The Morgan fingerprint density at radius 2 is 1.46 bits per heavy atom. The van der Waals surface area contributed by atoms with Crippen molar-refractivity contribution in [3.05, 3.63) is 29.6 Å². The van der Waals surface area contributed by atoms with Gasteiger partial charge in [0.1, 0.15) is 5.75 Å². The first-order valence-corrected chi connectivity index (χ1v) is 9.52. The number of rotatable bonds is 9. The van der Waals surface area contributed by atoms with Crippen LogP contribution >= 0.6 is 0 Å². The molecule has 6 heteroatoms. The van der Waals surface area contributed by atoms with Crippen molar-refractivity contribution < 1.29 is 26.7 Å². The van der Waals surface area contributed by atoms with Crippen molar-refractivity contribution in [2.75, 3.05) is 0 Å². The highest BCUT2D eigenvalue weighted by Gasteiger charge is 2.34. The van der Waals surface area contributed by atoms with E-state index in [9.17, 15) is 22.0 Å². The summed E-state index contributed by atoms with van der Waals surface area (Å²) in [7, 11) is 0. The fraction of sp³-hybridized carbons (Fsp3) is 0.700. The number of ether oxygens (including phenoxy) is 1. The fourth-order valence-corrected chi connectivity index (χ4v) is 3.68. The molecule has 1 aromatic carbocycles. The molecule has 0 aromatic heterocycles. The third kappa shape index (κ3) is 6.44. The lowest BCUT2D eigenvalue weighted by Gasteiger charge is -2.29. The molecule has 0 amide bonds. The first-order valence-electron chi connectivity index (χ1n) is 9.52. The molecule has 0 heterocycles. The van der Waals surface area contributed by atoms with Gasteiger partial charge in [-0.25, -0.2) is 13.2 Å². The van der Waals surface area contributed by atoms with Crippen LogP contribution in [0, 0.1) is 29.3 Å². The molecular formula is C20H27F5O. The summed E-state index contributed by atoms with van der Waals surface area (Å²) >= 11 is 0. The average Bonchev–Trinajstić information content (AvgIpc) is 2.59. The van der Waals surface area contributed by atoms with Crippen molar-refractivity contribution in [2.24, 2.45) is 11.8 Å². The quantitative estimate of drug-likeness (QED) is 0.250. The Morgan fingerprint density at radius 1 is 0.923 bits per heavy atom. The summed E-state index contributed by atoms with van der Waals surface area (Å²) in [6.45, 7) is 2.17. The first-order chi connectivity index (χ1) is 12.3. The van der Waals surface area contributed by atoms with Gasteiger partial charge in [-0.05, 0) is 18.3 Å². The molecule has 2 rings (SSSR count). The summed E-state index contributed by atoms with van der Waals surface area (Å²) in [6.07, 6.45) is 5.20. The minimum Gasteiger partial charge on any atom is -0.432 e. The predicted molar refractivity (Wildman–Crippen MR) is 90.7 cm³/mol. The van der Waals surface area contributed by atoms with E-state index in [1.54, 1.807) is 0 Å². The Labute approximate surface area is 151 Å². The highest BCUT2D eigenvalue weighted by molar-refractivity contribution is 5.25. The molecular weight excluding hydrogens is 351 g/mol. The molecule has 1 aliphatic carbocycles. The van der Waals surface area contributed by atoms with Crippen molar-refractivity contribution in [2.45, 2.75) is 77.2 Å². The summed E-state index contributed by atoms with van der Waals surface area (Å²) in [5.41, 5.74) is 0. The van der Waals surface area contributed by atoms with Crippen molar-refractivity contribution >= 4 is 0 Å². The number of alkyl halides is 2. The largest absolute Gasteiger partial charge is 0.432 e. The minimum absolute atomic E-state index is 0.230.